The number of aromatic nitrogens is 2. The van der Waals surface area contributed by atoms with E-state index in [9.17, 15) is 13.6 Å². The van der Waals surface area contributed by atoms with Gasteiger partial charge >= 0.3 is 0 Å². The molecule has 0 aliphatic rings. The molecule has 7 nitrogen and oxygen atoms in total. The Kier molecular flexibility index (Phi) is 11.2. The van der Waals surface area contributed by atoms with Crippen LogP contribution in [-0.4, -0.2) is 41.2 Å². The van der Waals surface area contributed by atoms with E-state index in [1.54, 1.807) is 24.9 Å². The summed E-state index contributed by atoms with van der Waals surface area (Å²) in [4.78, 5) is 16.5. The first-order valence-electron chi connectivity index (χ1n) is 12.2. The van der Waals surface area contributed by atoms with Gasteiger partial charge in [-0.05, 0) is 36.6 Å². The summed E-state index contributed by atoms with van der Waals surface area (Å²) in [5.41, 5.74) is 3.21. The first-order chi connectivity index (χ1) is 18.0. The van der Waals surface area contributed by atoms with E-state index in [1.807, 2.05) is 31.2 Å². The molecule has 0 saturated carbocycles. The number of allylic oxidation sites excluding steroid dienone is 5. The van der Waals surface area contributed by atoms with Crippen molar-refractivity contribution in [2.24, 2.45) is 12.0 Å². The Morgan fingerprint density at radius 1 is 1.26 bits per heavy atom. The number of aliphatic imine (C=N–C) groups is 1. The molecule has 0 spiro atoms. The normalized spacial score (nSPS) is 12.8. The number of rotatable bonds is 13. The molecule has 0 aliphatic heterocycles. The number of halogens is 2. The van der Waals surface area contributed by atoms with Crippen molar-refractivity contribution in [1.82, 2.24) is 15.1 Å². The van der Waals surface area contributed by atoms with Crippen molar-refractivity contribution < 1.29 is 23.0 Å². The van der Waals surface area contributed by atoms with Crippen LogP contribution in [0.5, 0.6) is 0 Å². The molecule has 38 heavy (non-hydrogen) atoms. The Hall–Kier alpha value is -4.01. The summed E-state index contributed by atoms with van der Waals surface area (Å²) in [5, 5.41) is 7.15. The topological polar surface area (TPSA) is 77.7 Å². The largest absolute Gasteiger partial charge is 0.492 e. The van der Waals surface area contributed by atoms with Gasteiger partial charge in [0, 0.05) is 26.1 Å². The molecule has 204 valence electrons. The number of methoxy groups -OCH3 is 1. The lowest BCUT2D eigenvalue weighted by Crippen LogP contribution is -2.25. The summed E-state index contributed by atoms with van der Waals surface area (Å²) in [5.74, 6) is -2.28. The van der Waals surface area contributed by atoms with Crippen molar-refractivity contribution >= 4 is 17.5 Å². The Morgan fingerprint density at radius 3 is 2.53 bits per heavy atom. The zero-order chi connectivity index (χ0) is 28.3. The first-order valence-corrected chi connectivity index (χ1v) is 12.2. The molecule has 0 bridgehead atoms. The highest BCUT2D eigenvalue weighted by Crippen LogP contribution is 2.24. The van der Waals surface area contributed by atoms with Crippen LogP contribution in [-0.2, 0) is 34.3 Å². The summed E-state index contributed by atoms with van der Waals surface area (Å²) < 4.78 is 40.0. The molecule has 2 rings (SSSR count). The first kappa shape index (κ1) is 30.2. The molecule has 0 fully saturated rings. The average molecular weight is 527 g/mol. The summed E-state index contributed by atoms with van der Waals surface area (Å²) in [6, 6.07) is 7.45. The van der Waals surface area contributed by atoms with Crippen LogP contribution in [0.2, 0.25) is 0 Å². The Morgan fingerprint density at radius 2 is 1.95 bits per heavy atom. The van der Waals surface area contributed by atoms with E-state index in [4.69, 9.17) is 9.47 Å². The molecule has 9 heteroatoms. The van der Waals surface area contributed by atoms with Gasteiger partial charge in [0.15, 0.2) is 0 Å². The second kappa shape index (κ2) is 14.1. The van der Waals surface area contributed by atoms with E-state index in [0.29, 0.717) is 41.6 Å². The molecule has 0 radical (unpaired) electrons. The third-order valence-corrected chi connectivity index (χ3v) is 5.61. The predicted octanol–water partition coefficient (Wildman–Crippen LogP) is 5.74. The summed E-state index contributed by atoms with van der Waals surface area (Å²) in [6.07, 6.45) is 6.67. The quantitative estimate of drug-likeness (QED) is 0.156. The number of nitrogens with zero attached hydrogens (tertiary/aromatic N) is 3. The molecule has 0 atom stereocenters. The monoisotopic (exact) mass is 526 g/mol. The predicted molar refractivity (Wildman–Crippen MR) is 147 cm³/mol. The molecule has 1 aromatic carbocycles. The Labute approximate surface area is 223 Å². The van der Waals surface area contributed by atoms with Crippen LogP contribution in [0.25, 0.3) is 5.70 Å². The second-order valence-corrected chi connectivity index (χ2v) is 8.70. The van der Waals surface area contributed by atoms with Crippen LogP contribution in [0.3, 0.4) is 0 Å². The summed E-state index contributed by atoms with van der Waals surface area (Å²) in [7, 11) is 3.26. The van der Waals surface area contributed by atoms with E-state index in [0.717, 1.165) is 30.5 Å². The van der Waals surface area contributed by atoms with E-state index in [2.05, 4.69) is 28.6 Å². The Bertz CT molecular complexity index is 1220. The zero-order valence-electron chi connectivity index (χ0n) is 22.7. The average Bonchev–Trinajstić information content (AvgIpc) is 3.24. The smallest absolute Gasteiger partial charge is 0.270 e. The third kappa shape index (κ3) is 8.83. The highest BCUT2D eigenvalue weighted by molar-refractivity contribution is 5.98. The van der Waals surface area contributed by atoms with Gasteiger partial charge in [0.2, 0.25) is 11.8 Å². The van der Waals surface area contributed by atoms with E-state index < -0.39 is 5.92 Å². The highest BCUT2D eigenvalue weighted by atomic mass is 19.3. The maximum absolute atomic E-state index is 13.5. The van der Waals surface area contributed by atoms with Crippen LogP contribution in [0.15, 0.2) is 78.2 Å². The van der Waals surface area contributed by atoms with Gasteiger partial charge in [0.05, 0.1) is 42.4 Å². The maximum Gasteiger partial charge on any atom is 0.270 e. The minimum Gasteiger partial charge on any atom is -0.492 e. The SMILES string of the molecule is C=C/C(=C\C=C(/C)OCc1c(C(=NC(=C)c2ccc(CC(=O)NCCC)cc2)OC)cnn1C)C(C)(F)F. The number of ether oxygens (including phenoxy) is 2. The lowest BCUT2D eigenvalue weighted by molar-refractivity contribution is -0.120. The minimum atomic E-state index is -3.00. The van der Waals surface area contributed by atoms with Gasteiger partial charge < -0.3 is 14.8 Å². The second-order valence-electron chi connectivity index (χ2n) is 8.70. The number of amides is 1. The van der Waals surface area contributed by atoms with E-state index >= 15 is 0 Å². The van der Waals surface area contributed by atoms with Crippen LogP contribution in [0.4, 0.5) is 8.78 Å². The Balaban J connectivity index is 2.17. The van der Waals surface area contributed by atoms with Crippen LogP contribution < -0.4 is 5.32 Å². The van der Waals surface area contributed by atoms with Gasteiger partial charge in [-0.3, -0.25) is 9.48 Å². The van der Waals surface area contributed by atoms with Gasteiger partial charge in [-0.1, -0.05) is 50.4 Å². The van der Waals surface area contributed by atoms with Gasteiger partial charge in [-0.15, -0.1) is 0 Å². The van der Waals surface area contributed by atoms with Gasteiger partial charge in [-0.2, -0.15) is 5.10 Å². The van der Waals surface area contributed by atoms with Crippen molar-refractivity contribution in [3.8, 4) is 0 Å². The minimum absolute atomic E-state index is 0.0185. The number of benzene rings is 1. The van der Waals surface area contributed by atoms with Crippen LogP contribution in [0, 0.1) is 0 Å². The molecule has 1 N–H and O–H groups in total. The molecule has 0 unspecified atom stereocenters. The van der Waals surface area contributed by atoms with E-state index in [-0.39, 0.29) is 18.1 Å². The lowest BCUT2D eigenvalue weighted by Gasteiger charge is -2.12. The van der Waals surface area contributed by atoms with Crippen molar-refractivity contribution in [2.45, 2.75) is 46.1 Å². The van der Waals surface area contributed by atoms with Crippen molar-refractivity contribution in [3.05, 3.63) is 95.6 Å². The number of nitrogens with one attached hydrogen (secondary N) is 1. The molecule has 1 heterocycles. The van der Waals surface area contributed by atoms with Crippen LogP contribution >= 0.6 is 0 Å². The molecule has 0 aliphatic carbocycles. The third-order valence-electron chi connectivity index (χ3n) is 5.61. The number of carbonyl (C=O) groups is 1. The molecule has 0 saturated heterocycles. The van der Waals surface area contributed by atoms with Gasteiger partial charge in [-0.25, -0.2) is 13.8 Å². The summed E-state index contributed by atoms with van der Waals surface area (Å²) in [6.45, 7) is 12.7. The summed E-state index contributed by atoms with van der Waals surface area (Å²) >= 11 is 0. The molecular formula is C29H36F2N4O3. The number of hydrogen-bond donors (Lipinski definition) is 1. The van der Waals surface area contributed by atoms with Crippen molar-refractivity contribution in [3.63, 3.8) is 0 Å². The highest BCUT2D eigenvalue weighted by Gasteiger charge is 2.24. The zero-order valence-corrected chi connectivity index (χ0v) is 22.7. The lowest BCUT2D eigenvalue weighted by atomic mass is 10.1. The standard InChI is InChI=1S/C29H36F2N4O3/c1-8-16-32-27(36)17-22-11-13-23(14-12-22)21(4)34-28(37-7)25-18-33-35(6)26(25)19-38-20(3)10-15-24(9-2)29(5,30)31/h9-15,18H,2,4,8,16-17,19H2,1,3,5-7H3,(H,32,36)/b20-10+,24-15+,34-28?. The molecule has 1 amide bonds. The van der Waals surface area contributed by atoms with Crippen molar-refractivity contribution in [1.29, 1.82) is 0 Å². The van der Waals surface area contributed by atoms with Crippen molar-refractivity contribution in [2.75, 3.05) is 13.7 Å². The number of hydrogen-bond acceptors (Lipinski definition) is 5. The fourth-order valence-corrected chi connectivity index (χ4v) is 3.37. The van der Waals surface area contributed by atoms with Gasteiger partial charge in [0.1, 0.15) is 6.61 Å². The molecule has 1 aromatic heterocycles. The van der Waals surface area contributed by atoms with E-state index in [1.165, 1.54) is 19.3 Å². The molecular weight excluding hydrogens is 490 g/mol. The number of aryl methyl sites for hydroxylation is 1. The van der Waals surface area contributed by atoms with Crippen LogP contribution in [0.1, 0.15) is 49.6 Å². The number of carbonyl (C=O) groups excluding carboxylic acids is 1. The molecule has 2 aromatic rings. The fourth-order valence-electron chi connectivity index (χ4n) is 3.37. The number of alkyl halides is 2. The maximum atomic E-state index is 13.5. The van der Waals surface area contributed by atoms with Gasteiger partial charge in [0.25, 0.3) is 5.92 Å². The fraction of sp³-hybridized carbons (Fsp3) is 0.345.